The van der Waals surface area contributed by atoms with Crippen molar-refractivity contribution in [2.75, 3.05) is 11.1 Å². The van der Waals surface area contributed by atoms with E-state index in [-0.39, 0.29) is 29.7 Å². The zero-order chi connectivity index (χ0) is 22.5. The Kier molecular flexibility index (Phi) is 7.94. The molecule has 0 aromatic carbocycles. The van der Waals surface area contributed by atoms with E-state index < -0.39 is 0 Å². The highest BCUT2D eigenvalue weighted by molar-refractivity contribution is 7.99. The number of amides is 1. The summed E-state index contributed by atoms with van der Waals surface area (Å²) >= 11 is 2.83. The van der Waals surface area contributed by atoms with Crippen molar-refractivity contribution in [2.45, 2.75) is 77.1 Å². The van der Waals surface area contributed by atoms with Gasteiger partial charge in [0.15, 0.2) is 5.16 Å². The number of carbonyl (C=O) groups is 2. The van der Waals surface area contributed by atoms with Gasteiger partial charge < -0.3 is 14.6 Å². The molecule has 1 aliphatic carbocycles. The number of aryl methyl sites for hydroxylation is 1. The molecule has 7 nitrogen and oxygen atoms in total. The van der Waals surface area contributed by atoms with E-state index in [2.05, 4.69) is 35.9 Å². The maximum Gasteiger partial charge on any atom is 0.341 e. The van der Waals surface area contributed by atoms with Gasteiger partial charge in [0.05, 0.1) is 17.4 Å². The molecule has 2 aromatic heterocycles. The summed E-state index contributed by atoms with van der Waals surface area (Å²) in [6.45, 7) is 12.2. The highest BCUT2D eigenvalue weighted by Crippen LogP contribution is 2.39. The van der Waals surface area contributed by atoms with Crippen LogP contribution in [0.25, 0.3) is 0 Å². The lowest BCUT2D eigenvalue weighted by atomic mass is 9.95. The monoisotopic (exact) mass is 462 g/mol. The quantitative estimate of drug-likeness (QED) is 0.326. The first-order chi connectivity index (χ1) is 14.8. The summed E-state index contributed by atoms with van der Waals surface area (Å²) in [6.07, 6.45) is 5.52. The van der Waals surface area contributed by atoms with Crippen LogP contribution in [0, 0.1) is 0 Å². The van der Waals surface area contributed by atoms with Gasteiger partial charge in [0.1, 0.15) is 10.8 Å². The van der Waals surface area contributed by atoms with Crippen LogP contribution in [0.4, 0.5) is 5.00 Å². The van der Waals surface area contributed by atoms with Crippen molar-refractivity contribution >= 4 is 40.0 Å². The second-order valence-electron chi connectivity index (χ2n) is 8.10. The largest absolute Gasteiger partial charge is 0.459 e. The number of fused-ring (bicyclic) bond motifs is 1. The van der Waals surface area contributed by atoms with E-state index in [0.717, 1.165) is 37.1 Å². The molecule has 9 heteroatoms. The molecule has 31 heavy (non-hydrogen) atoms. The summed E-state index contributed by atoms with van der Waals surface area (Å²) < 4.78 is 7.44. The fraction of sp³-hybridized carbons (Fsp3) is 0.545. The van der Waals surface area contributed by atoms with Gasteiger partial charge in [-0.2, -0.15) is 0 Å². The Hall–Kier alpha value is -2.13. The van der Waals surface area contributed by atoms with E-state index in [0.29, 0.717) is 22.3 Å². The van der Waals surface area contributed by atoms with Crippen LogP contribution in [-0.4, -0.2) is 38.5 Å². The summed E-state index contributed by atoms with van der Waals surface area (Å²) in [5.41, 5.74) is 1.57. The van der Waals surface area contributed by atoms with Crippen molar-refractivity contribution in [1.29, 1.82) is 0 Å². The Bertz CT molecular complexity index is 962. The molecule has 0 radical (unpaired) electrons. The summed E-state index contributed by atoms with van der Waals surface area (Å²) in [6, 6.07) is 0. The molecule has 0 aliphatic heterocycles. The zero-order valence-electron chi connectivity index (χ0n) is 18.6. The lowest BCUT2D eigenvalue weighted by Gasteiger charge is -2.14. The molecule has 0 bridgehead atoms. The van der Waals surface area contributed by atoms with Crippen molar-refractivity contribution in [3.05, 3.63) is 34.5 Å². The molecule has 0 unspecified atom stereocenters. The van der Waals surface area contributed by atoms with Crippen LogP contribution >= 0.6 is 23.1 Å². The number of carbonyl (C=O) groups excluding carboxylic acids is 2. The Balaban J connectivity index is 1.74. The van der Waals surface area contributed by atoms with Crippen molar-refractivity contribution in [3.8, 4) is 0 Å². The van der Waals surface area contributed by atoms with Gasteiger partial charge in [0.2, 0.25) is 5.91 Å². The third-order valence-corrected chi connectivity index (χ3v) is 7.05. The van der Waals surface area contributed by atoms with Crippen LogP contribution in [0.5, 0.6) is 0 Å². The number of hydrogen-bond acceptors (Lipinski definition) is 7. The van der Waals surface area contributed by atoms with E-state index >= 15 is 0 Å². The van der Waals surface area contributed by atoms with Gasteiger partial charge in [-0.15, -0.1) is 28.1 Å². The number of rotatable bonds is 9. The molecule has 0 fully saturated rings. The summed E-state index contributed by atoms with van der Waals surface area (Å²) in [7, 11) is 0. The third-order valence-electron chi connectivity index (χ3n) is 4.88. The van der Waals surface area contributed by atoms with Crippen LogP contribution in [0.2, 0.25) is 0 Å². The molecule has 168 valence electrons. The van der Waals surface area contributed by atoms with Crippen molar-refractivity contribution in [1.82, 2.24) is 14.8 Å². The Morgan fingerprint density at radius 1 is 1.26 bits per heavy atom. The minimum atomic E-state index is -0.357. The molecule has 0 spiro atoms. The van der Waals surface area contributed by atoms with E-state index in [9.17, 15) is 9.59 Å². The summed E-state index contributed by atoms with van der Waals surface area (Å²) in [5.74, 6) is 0.732. The summed E-state index contributed by atoms with van der Waals surface area (Å²) in [5, 5.41) is 12.7. The fourth-order valence-electron chi connectivity index (χ4n) is 3.57. The molecule has 0 saturated heterocycles. The van der Waals surface area contributed by atoms with E-state index in [4.69, 9.17) is 4.74 Å². The maximum atomic E-state index is 12.8. The third kappa shape index (κ3) is 5.57. The van der Waals surface area contributed by atoms with Crippen LogP contribution < -0.4 is 5.32 Å². The molecule has 1 aliphatic rings. The number of hydrogen-bond donors (Lipinski definition) is 1. The van der Waals surface area contributed by atoms with Gasteiger partial charge in [-0.05, 0) is 45.1 Å². The average molecular weight is 463 g/mol. The Morgan fingerprint density at radius 3 is 2.68 bits per heavy atom. The fourth-order valence-corrected chi connectivity index (χ4v) is 5.62. The first-order valence-corrected chi connectivity index (χ1v) is 12.4. The minimum absolute atomic E-state index is 0.175. The normalized spacial score (nSPS) is 13.4. The van der Waals surface area contributed by atoms with Gasteiger partial charge in [0.25, 0.3) is 0 Å². The SMILES string of the molecule is C=CCn1c(SCC(=O)Nc2sc3c(c2C(=O)OC(C)C)CCCC3)nnc1C(C)C. The van der Waals surface area contributed by atoms with E-state index in [1.807, 2.05) is 18.4 Å². The minimum Gasteiger partial charge on any atom is -0.459 e. The van der Waals surface area contributed by atoms with Gasteiger partial charge in [-0.1, -0.05) is 31.7 Å². The standard InChI is InChI=1S/C22H30N4O3S2/c1-6-11-26-19(13(2)3)24-25-22(26)30-12-17(27)23-20-18(21(28)29-14(4)5)15-9-7-8-10-16(15)31-20/h6,13-14H,1,7-12H2,2-5H3,(H,23,27). The number of nitrogens with zero attached hydrogens (tertiary/aromatic N) is 3. The summed E-state index contributed by atoms with van der Waals surface area (Å²) in [4.78, 5) is 26.7. The van der Waals surface area contributed by atoms with E-state index in [1.54, 1.807) is 6.08 Å². The second-order valence-corrected chi connectivity index (χ2v) is 10.1. The molecular weight excluding hydrogens is 432 g/mol. The van der Waals surface area contributed by atoms with Crippen molar-refractivity contribution < 1.29 is 14.3 Å². The number of esters is 1. The second kappa shape index (κ2) is 10.5. The number of anilines is 1. The van der Waals surface area contributed by atoms with Crippen LogP contribution in [-0.2, 0) is 28.9 Å². The number of aromatic nitrogens is 3. The molecule has 2 aromatic rings. The lowest BCUT2D eigenvalue weighted by Crippen LogP contribution is -2.19. The number of thiophene rings is 1. The van der Waals surface area contributed by atoms with Gasteiger partial charge in [0, 0.05) is 17.3 Å². The highest BCUT2D eigenvalue weighted by atomic mass is 32.2. The van der Waals surface area contributed by atoms with Crippen LogP contribution in [0.3, 0.4) is 0 Å². The predicted molar refractivity (Wildman–Crippen MR) is 125 cm³/mol. The Labute approximate surface area is 191 Å². The molecule has 2 heterocycles. The number of ether oxygens (including phenoxy) is 1. The molecule has 1 N–H and O–H groups in total. The first-order valence-electron chi connectivity index (χ1n) is 10.6. The molecule has 0 saturated carbocycles. The highest BCUT2D eigenvalue weighted by Gasteiger charge is 2.28. The van der Waals surface area contributed by atoms with Crippen LogP contribution in [0.15, 0.2) is 17.8 Å². The molecular formula is C22H30N4O3S2. The first kappa shape index (κ1) is 23.5. The topological polar surface area (TPSA) is 86.1 Å². The predicted octanol–water partition coefficient (Wildman–Crippen LogP) is 4.82. The average Bonchev–Trinajstić information content (AvgIpc) is 3.27. The van der Waals surface area contributed by atoms with E-state index in [1.165, 1.54) is 28.0 Å². The van der Waals surface area contributed by atoms with Gasteiger partial charge in [-0.25, -0.2) is 4.79 Å². The van der Waals surface area contributed by atoms with Crippen molar-refractivity contribution in [3.63, 3.8) is 0 Å². The number of allylic oxidation sites excluding steroid dienone is 1. The van der Waals surface area contributed by atoms with Crippen LogP contribution in [0.1, 0.15) is 73.1 Å². The zero-order valence-corrected chi connectivity index (χ0v) is 20.2. The maximum absolute atomic E-state index is 12.8. The van der Waals surface area contributed by atoms with Crippen molar-refractivity contribution in [2.24, 2.45) is 0 Å². The molecule has 3 rings (SSSR count). The molecule has 0 atom stereocenters. The molecule has 1 amide bonds. The number of thioether (sulfide) groups is 1. The lowest BCUT2D eigenvalue weighted by molar-refractivity contribution is -0.113. The smallest absolute Gasteiger partial charge is 0.341 e. The van der Waals surface area contributed by atoms with Gasteiger partial charge in [-0.3, -0.25) is 4.79 Å². The van der Waals surface area contributed by atoms with Gasteiger partial charge >= 0.3 is 5.97 Å². The Morgan fingerprint density at radius 2 is 2.00 bits per heavy atom. The number of nitrogens with one attached hydrogen (secondary N) is 1.